The smallest absolute Gasteiger partial charge is 0.519 e. The molecular weight excluding hydrogens is 207 g/mol. The molecule has 1 aromatic rings. The summed E-state index contributed by atoms with van der Waals surface area (Å²) in [6, 6.07) is 7.76. The normalized spacial score (nSPS) is 14.5. The third-order valence-corrected chi connectivity index (χ3v) is 3.20. The summed E-state index contributed by atoms with van der Waals surface area (Å²) >= 11 is 1.76. The molecule has 0 unspecified atom stereocenters. The molecular formula is C11H13BO2S. The number of benzene rings is 1. The molecule has 2 rings (SSSR count). The first-order chi connectivity index (χ1) is 7.35. The van der Waals surface area contributed by atoms with Gasteiger partial charge < -0.3 is 9.31 Å². The fraction of sp³-hybridized carbons (Fsp3) is 0.273. The standard InChI is InChI=1S/C11H13BO2S/c1-3-11(15-4-2)12-13-9-7-5-6-8-10(9)14-12/h3,5-8H,4H2,1-2H3/b11-3-. The summed E-state index contributed by atoms with van der Waals surface area (Å²) in [4.78, 5) is 1.13. The van der Waals surface area contributed by atoms with Crippen LogP contribution >= 0.6 is 11.8 Å². The molecule has 0 radical (unpaired) electrons. The molecule has 0 atom stereocenters. The Kier molecular flexibility index (Phi) is 3.26. The highest BCUT2D eigenvalue weighted by atomic mass is 32.2. The van der Waals surface area contributed by atoms with E-state index in [1.165, 1.54) is 0 Å². The van der Waals surface area contributed by atoms with Gasteiger partial charge in [0.15, 0.2) is 0 Å². The van der Waals surface area contributed by atoms with E-state index in [1.54, 1.807) is 11.8 Å². The van der Waals surface area contributed by atoms with E-state index in [0.717, 1.165) is 22.1 Å². The van der Waals surface area contributed by atoms with Gasteiger partial charge in [0.25, 0.3) is 0 Å². The van der Waals surface area contributed by atoms with Gasteiger partial charge in [-0.2, -0.15) is 0 Å². The first kappa shape index (κ1) is 10.5. The average Bonchev–Trinajstić information content (AvgIpc) is 2.69. The second-order valence-corrected chi connectivity index (χ2v) is 4.48. The van der Waals surface area contributed by atoms with E-state index in [1.807, 2.05) is 37.3 Å². The van der Waals surface area contributed by atoms with Gasteiger partial charge in [0.2, 0.25) is 0 Å². The van der Waals surface area contributed by atoms with Crippen molar-refractivity contribution in [3.05, 3.63) is 35.1 Å². The van der Waals surface area contributed by atoms with Crippen molar-refractivity contribution >= 4 is 18.9 Å². The first-order valence-electron chi connectivity index (χ1n) is 5.06. The van der Waals surface area contributed by atoms with E-state index < -0.39 is 0 Å². The van der Waals surface area contributed by atoms with E-state index in [4.69, 9.17) is 9.31 Å². The molecule has 1 aromatic carbocycles. The van der Waals surface area contributed by atoms with E-state index in [-0.39, 0.29) is 7.12 Å². The summed E-state index contributed by atoms with van der Waals surface area (Å²) in [7, 11) is -0.252. The van der Waals surface area contributed by atoms with Gasteiger partial charge in [0.05, 0.1) is 0 Å². The molecule has 1 aliphatic rings. The topological polar surface area (TPSA) is 18.5 Å². The molecule has 0 aliphatic carbocycles. The fourth-order valence-corrected chi connectivity index (χ4v) is 2.20. The molecule has 0 fully saturated rings. The van der Waals surface area contributed by atoms with Crippen LogP contribution < -0.4 is 9.31 Å². The van der Waals surface area contributed by atoms with Gasteiger partial charge in [-0.05, 0) is 24.8 Å². The lowest BCUT2D eigenvalue weighted by Crippen LogP contribution is -2.26. The van der Waals surface area contributed by atoms with Crippen LogP contribution in [0.15, 0.2) is 35.1 Å². The van der Waals surface area contributed by atoms with Crippen molar-refractivity contribution in [1.82, 2.24) is 0 Å². The summed E-state index contributed by atoms with van der Waals surface area (Å²) in [5, 5.41) is 0. The molecule has 0 spiro atoms. The van der Waals surface area contributed by atoms with Crippen molar-refractivity contribution in [2.75, 3.05) is 5.75 Å². The van der Waals surface area contributed by atoms with Crippen LogP contribution in [0.25, 0.3) is 0 Å². The molecule has 0 N–H and O–H groups in total. The first-order valence-corrected chi connectivity index (χ1v) is 6.05. The summed E-state index contributed by atoms with van der Waals surface area (Å²) in [6.45, 7) is 4.13. The monoisotopic (exact) mass is 220 g/mol. The maximum Gasteiger partial charge on any atom is 0.639 e. The lowest BCUT2D eigenvalue weighted by molar-refractivity contribution is 0.515. The highest BCUT2D eigenvalue weighted by molar-refractivity contribution is 8.04. The minimum Gasteiger partial charge on any atom is -0.519 e. The predicted molar refractivity (Wildman–Crippen MR) is 65.3 cm³/mol. The minimum atomic E-state index is -0.252. The Morgan fingerprint density at radius 2 is 1.93 bits per heavy atom. The molecule has 1 heterocycles. The molecule has 78 valence electrons. The zero-order valence-corrected chi connectivity index (χ0v) is 9.71. The van der Waals surface area contributed by atoms with Crippen LogP contribution in [0.4, 0.5) is 0 Å². The molecule has 15 heavy (non-hydrogen) atoms. The Balaban J connectivity index is 2.12. The summed E-state index contributed by atoms with van der Waals surface area (Å²) in [6.07, 6.45) is 2.05. The highest BCUT2D eigenvalue weighted by Gasteiger charge is 2.35. The Morgan fingerprint density at radius 1 is 1.33 bits per heavy atom. The lowest BCUT2D eigenvalue weighted by Gasteiger charge is -2.07. The second-order valence-electron chi connectivity index (χ2n) is 3.14. The molecule has 0 bridgehead atoms. The third kappa shape index (κ3) is 2.15. The lowest BCUT2D eigenvalue weighted by atomic mass is 9.90. The number of hydrogen-bond acceptors (Lipinski definition) is 3. The van der Waals surface area contributed by atoms with Crippen LogP contribution in [0.2, 0.25) is 0 Å². The quantitative estimate of drug-likeness (QED) is 0.729. The van der Waals surface area contributed by atoms with Crippen molar-refractivity contribution in [3.8, 4) is 11.5 Å². The van der Waals surface area contributed by atoms with Gasteiger partial charge >= 0.3 is 7.12 Å². The predicted octanol–water partition coefficient (Wildman–Crippen LogP) is 3.14. The van der Waals surface area contributed by atoms with Crippen LogP contribution in [0.1, 0.15) is 13.8 Å². The van der Waals surface area contributed by atoms with E-state index in [9.17, 15) is 0 Å². The Hall–Kier alpha value is -1.03. The number of rotatable bonds is 3. The SMILES string of the molecule is C/C=C(\SCC)B1Oc2ccccc2O1. The summed E-state index contributed by atoms with van der Waals surface area (Å²) < 4.78 is 11.4. The summed E-state index contributed by atoms with van der Waals surface area (Å²) in [5.74, 6) is 2.69. The van der Waals surface area contributed by atoms with Crippen LogP contribution in [0.5, 0.6) is 11.5 Å². The Bertz CT molecular complexity index is 354. The van der Waals surface area contributed by atoms with Crippen molar-refractivity contribution < 1.29 is 9.31 Å². The number of hydrogen-bond donors (Lipinski definition) is 0. The largest absolute Gasteiger partial charge is 0.639 e. The van der Waals surface area contributed by atoms with E-state index >= 15 is 0 Å². The van der Waals surface area contributed by atoms with Crippen molar-refractivity contribution in [2.24, 2.45) is 0 Å². The number of allylic oxidation sites excluding steroid dienone is 1. The van der Waals surface area contributed by atoms with Gasteiger partial charge in [0, 0.05) is 4.80 Å². The van der Waals surface area contributed by atoms with Gasteiger partial charge in [-0.25, -0.2) is 0 Å². The molecule has 1 aliphatic heterocycles. The van der Waals surface area contributed by atoms with Crippen molar-refractivity contribution in [1.29, 1.82) is 0 Å². The van der Waals surface area contributed by atoms with Crippen LogP contribution in [-0.2, 0) is 0 Å². The van der Waals surface area contributed by atoms with Crippen molar-refractivity contribution in [2.45, 2.75) is 13.8 Å². The average molecular weight is 220 g/mol. The Morgan fingerprint density at radius 3 is 2.40 bits per heavy atom. The third-order valence-electron chi connectivity index (χ3n) is 2.15. The van der Waals surface area contributed by atoms with Gasteiger partial charge in [-0.1, -0.05) is 25.1 Å². The molecule has 2 nitrogen and oxygen atoms in total. The zero-order chi connectivity index (χ0) is 10.7. The number of para-hydroxylation sites is 2. The van der Waals surface area contributed by atoms with Crippen LogP contribution in [-0.4, -0.2) is 12.9 Å². The number of thioether (sulfide) groups is 1. The molecule has 4 heteroatoms. The molecule has 0 amide bonds. The van der Waals surface area contributed by atoms with Gasteiger partial charge in [-0.15, -0.1) is 11.8 Å². The fourth-order valence-electron chi connectivity index (χ4n) is 1.47. The van der Waals surface area contributed by atoms with E-state index in [2.05, 4.69) is 6.92 Å². The van der Waals surface area contributed by atoms with Gasteiger partial charge in [-0.3, -0.25) is 0 Å². The van der Waals surface area contributed by atoms with E-state index in [0.29, 0.717) is 0 Å². The number of fused-ring (bicyclic) bond motifs is 1. The molecule has 0 saturated carbocycles. The second kappa shape index (κ2) is 4.66. The highest BCUT2D eigenvalue weighted by Crippen LogP contribution is 2.36. The van der Waals surface area contributed by atoms with Crippen molar-refractivity contribution in [3.63, 3.8) is 0 Å². The Labute approximate surface area is 94.8 Å². The minimum absolute atomic E-state index is 0.252. The van der Waals surface area contributed by atoms with Gasteiger partial charge in [0.1, 0.15) is 11.5 Å². The molecule has 0 saturated heterocycles. The maximum atomic E-state index is 5.70. The zero-order valence-electron chi connectivity index (χ0n) is 8.90. The molecule has 0 aromatic heterocycles. The maximum absolute atomic E-state index is 5.70. The summed E-state index contributed by atoms with van der Waals surface area (Å²) in [5.41, 5.74) is 0. The van der Waals surface area contributed by atoms with Crippen LogP contribution in [0.3, 0.4) is 0 Å². The van der Waals surface area contributed by atoms with Crippen LogP contribution in [0, 0.1) is 0 Å².